The highest BCUT2D eigenvalue weighted by Gasteiger charge is 2.21. The Morgan fingerprint density at radius 1 is 1.02 bits per heavy atom. The molecule has 224 valence electrons. The number of hydrogen-bond donors (Lipinski definition) is 3. The Bertz CT molecular complexity index is 1370. The molecule has 0 bridgehead atoms. The number of amides is 2. The van der Waals surface area contributed by atoms with E-state index in [9.17, 15) is 14.8 Å². The molecule has 0 aliphatic carbocycles. The van der Waals surface area contributed by atoms with Crippen LogP contribution < -0.4 is 20.6 Å². The van der Waals surface area contributed by atoms with Gasteiger partial charge in [-0.05, 0) is 74.0 Å². The van der Waals surface area contributed by atoms with Crippen molar-refractivity contribution in [1.82, 2.24) is 15.2 Å². The lowest BCUT2D eigenvalue weighted by molar-refractivity contribution is 0.0854. The lowest BCUT2D eigenvalue weighted by atomic mass is 9.93. The SMILES string of the molecule is Cc1ccc(NC(=O)c2ccnc(N3CCOCC3)c2)cc1N(O)C(=O)c1ccc(CNCC(C)(C)CN(C)C)cc1. The van der Waals surface area contributed by atoms with E-state index in [0.29, 0.717) is 47.2 Å². The van der Waals surface area contributed by atoms with Crippen molar-refractivity contribution in [3.05, 3.63) is 83.0 Å². The molecule has 0 unspecified atom stereocenters. The molecule has 3 N–H and O–H groups in total. The van der Waals surface area contributed by atoms with E-state index in [1.54, 1.807) is 55.6 Å². The van der Waals surface area contributed by atoms with E-state index >= 15 is 0 Å². The molecule has 0 radical (unpaired) electrons. The number of hydrogen-bond acceptors (Lipinski definition) is 8. The van der Waals surface area contributed by atoms with Gasteiger partial charge in [0.05, 0.1) is 18.9 Å². The zero-order valence-electron chi connectivity index (χ0n) is 25.2. The highest BCUT2D eigenvalue weighted by molar-refractivity contribution is 6.07. The molecule has 1 saturated heterocycles. The van der Waals surface area contributed by atoms with Gasteiger partial charge in [0.1, 0.15) is 5.82 Å². The second-order valence-corrected chi connectivity index (χ2v) is 11.8. The topological polar surface area (TPSA) is 110 Å². The number of carbonyl (C=O) groups excluding carboxylic acids is 2. The average Bonchev–Trinajstić information content (AvgIpc) is 2.97. The molecule has 42 heavy (non-hydrogen) atoms. The van der Waals surface area contributed by atoms with Crippen LogP contribution in [0, 0.1) is 12.3 Å². The molecule has 1 aromatic heterocycles. The van der Waals surface area contributed by atoms with E-state index < -0.39 is 5.91 Å². The number of pyridine rings is 1. The Hall–Kier alpha value is -3.83. The van der Waals surface area contributed by atoms with Crippen molar-refractivity contribution in [1.29, 1.82) is 0 Å². The molecule has 2 aromatic carbocycles. The van der Waals surface area contributed by atoms with Crippen LogP contribution in [-0.2, 0) is 11.3 Å². The van der Waals surface area contributed by atoms with Crippen molar-refractivity contribution in [3.8, 4) is 0 Å². The molecule has 0 atom stereocenters. The maximum atomic E-state index is 13.1. The number of anilines is 3. The van der Waals surface area contributed by atoms with Gasteiger partial charge < -0.3 is 25.2 Å². The average molecular weight is 575 g/mol. The Labute approximate surface area is 248 Å². The van der Waals surface area contributed by atoms with Gasteiger partial charge in [-0.2, -0.15) is 5.06 Å². The maximum Gasteiger partial charge on any atom is 0.281 e. The van der Waals surface area contributed by atoms with Crippen LogP contribution in [0.25, 0.3) is 0 Å². The van der Waals surface area contributed by atoms with Crippen molar-refractivity contribution in [2.45, 2.75) is 27.3 Å². The molecule has 10 heteroatoms. The Morgan fingerprint density at radius 2 is 1.74 bits per heavy atom. The number of aryl methyl sites for hydroxylation is 1. The van der Waals surface area contributed by atoms with Crippen molar-refractivity contribution >= 4 is 29.0 Å². The third-order valence-electron chi connectivity index (χ3n) is 7.11. The number of rotatable bonds is 11. The van der Waals surface area contributed by atoms with Gasteiger partial charge in [-0.1, -0.05) is 32.0 Å². The molecule has 0 saturated carbocycles. The number of hydroxylamine groups is 1. The van der Waals surface area contributed by atoms with Crippen molar-refractivity contribution < 1.29 is 19.5 Å². The summed E-state index contributed by atoms with van der Waals surface area (Å²) in [6, 6.07) is 15.7. The zero-order valence-corrected chi connectivity index (χ0v) is 25.2. The van der Waals surface area contributed by atoms with Crippen LogP contribution in [0.5, 0.6) is 0 Å². The summed E-state index contributed by atoms with van der Waals surface area (Å²) in [5.74, 6) is -0.151. The second kappa shape index (κ2) is 13.9. The van der Waals surface area contributed by atoms with Gasteiger partial charge in [0.15, 0.2) is 0 Å². The molecular formula is C32H42N6O4. The minimum atomic E-state index is -0.558. The van der Waals surface area contributed by atoms with Crippen molar-refractivity contribution in [3.63, 3.8) is 0 Å². The largest absolute Gasteiger partial charge is 0.378 e. The molecule has 1 aliphatic heterocycles. The quantitative estimate of drug-likeness (QED) is 0.231. The normalized spacial score (nSPS) is 13.7. The highest BCUT2D eigenvalue weighted by atomic mass is 16.5. The van der Waals surface area contributed by atoms with Crippen LogP contribution >= 0.6 is 0 Å². The second-order valence-electron chi connectivity index (χ2n) is 11.8. The fourth-order valence-corrected chi connectivity index (χ4v) is 5.10. The predicted molar refractivity (Wildman–Crippen MR) is 165 cm³/mol. The van der Waals surface area contributed by atoms with Crippen LogP contribution in [-0.4, -0.2) is 80.4 Å². The number of nitrogens with zero attached hydrogens (tertiary/aromatic N) is 4. The van der Waals surface area contributed by atoms with E-state index in [4.69, 9.17) is 4.74 Å². The summed E-state index contributed by atoms with van der Waals surface area (Å²) in [6.45, 7) is 11.4. The monoisotopic (exact) mass is 574 g/mol. The summed E-state index contributed by atoms with van der Waals surface area (Å²) >= 11 is 0. The lowest BCUT2D eigenvalue weighted by Gasteiger charge is -2.28. The lowest BCUT2D eigenvalue weighted by Crippen LogP contribution is -2.37. The van der Waals surface area contributed by atoms with E-state index in [1.807, 2.05) is 12.1 Å². The van der Waals surface area contributed by atoms with Gasteiger partial charge in [0, 0.05) is 55.7 Å². The fraction of sp³-hybridized carbons (Fsp3) is 0.406. The molecule has 1 fully saturated rings. The summed E-state index contributed by atoms with van der Waals surface area (Å²) in [5, 5.41) is 17.9. The molecule has 4 rings (SSSR count). The van der Waals surface area contributed by atoms with Crippen LogP contribution in [0.1, 0.15) is 45.7 Å². The molecule has 1 aliphatic rings. The minimum Gasteiger partial charge on any atom is -0.378 e. The Kier molecular flexibility index (Phi) is 10.3. The fourth-order valence-electron chi connectivity index (χ4n) is 5.10. The Morgan fingerprint density at radius 3 is 2.43 bits per heavy atom. The van der Waals surface area contributed by atoms with Gasteiger partial charge in [-0.25, -0.2) is 4.98 Å². The van der Waals surface area contributed by atoms with Gasteiger partial charge in [-0.3, -0.25) is 14.8 Å². The molecule has 10 nitrogen and oxygen atoms in total. The molecule has 2 amide bonds. The predicted octanol–water partition coefficient (Wildman–Crippen LogP) is 4.19. The standard InChI is InChI=1S/C32H42N6O4/c1-23-6-11-27(35-30(39)26-12-13-34-29(18-26)37-14-16-42-17-15-37)19-28(23)38(41)31(40)25-9-7-24(8-10-25)20-33-21-32(2,3)22-36(4)5/h6-13,18-19,33,41H,14-17,20-22H2,1-5H3,(H,35,39). The van der Waals surface area contributed by atoms with Crippen LogP contribution in [0.15, 0.2) is 60.8 Å². The zero-order chi connectivity index (χ0) is 30.3. The number of benzene rings is 2. The van der Waals surface area contributed by atoms with Crippen molar-refractivity contribution in [2.75, 3.05) is 68.8 Å². The number of morpholine rings is 1. The van der Waals surface area contributed by atoms with Crippen LogP contribution in [0.4, 0.5) is 17.2 Å². The van der Waals surface area contributed by atoms with Crippen molar-refractivity contribution in [2.24, 2.45) is 5.41 Å². The first-order chi connectivity index (χ1) is 20.0. The summed E-state index contributed by atoms with van der Waals surface area (Å²) in [4.78, 5) is 34.8. The first-order valence-corrected chi connectivity index (χ1v) is 14.2. The molecule has 2 heterocycles. The molecular weight excluding hydrogens is 532 g/mol. The van der Waals surface area contributed by atoms with Gasteiger partial charge in [0.25, 0.3) is 11.8 Å². The third kappa shape index (κ3) is 8.36. The van der Waals surface area contributed by atoms with E-state index in [0.717, 1.165) is 37.6 Å². The molecule has 3 aromatic rings. The summed E-state index contributed by atoms with van der Waals surface area (Å²) in [7, 11) is 4.14. The van der Waals surface area contributed by atoms with E-state index in [1.165, 1.54) is 0 Å². The maximum absolute atomic E-state index is 13.1. The smallest absolute Gasteiger partial charge is 0.281 e. The van der Waals surface area contributed by atoms with Gasteiger partial charge in [0.2, 0.25) is 0 Å². The number of ether oxygens (including phenoxy) is 1. The number of aromatic nitrogens is 1. The van der Waals surface area contributed by atoms with E-state index in [-0.39, 0.29) is 17.0 Å². The summed E-state index contributed by atoms with van der Waals surface area (Å²) < 4.78 is 5.40. The summed E-state index contributed by atoms with van der Waals surface area (Å²) in [6.07, 6.45) is 1.61. The number of nitrogens with one attached hydrogen (secondary N) is 2. The van der Waals surface area contributed by atoms with E-state index in [2.05, 4.69) is 53.4 Å². The first-order valence-electron chi connectivity index (χ1n) is 14.2. The van der Waals surface area contributed by atoms with Crippen LogP contribution in [0.3, 0.4) is 0 Å². The minimum absolute atomic E-state index is 0.132. The number of carbonyl (C=O) groups is 2. The third-order valence-corrected chi connectivity index (χ3v) is 7.11. The highest BCUT2D eigenvalue weighted by Crippen LogP contribution is 2.26. The summed E-state index contributed by atoms with van der Waals surface area (Å²) in [5.41, 5.74) is 3.42. The van der Waals surface area contributed by atoms with Gasteiger partial charge in [-0.15, -0.1) is 0 Å². The Balaban J connectivity index is 1.38. The molecule has 0 spiro atoms. The first kappa shape index (κ1) is 31.1. The van der Waals surface area contributed by atoms with Gasteiger partial charge >= 0.3 is 0 Å². The van der Waals surface area contributed by atoms with Crippen LogP contribution in [0.2, 0.25) is 0 Å².